The highest BCUT2D eigenvalue weighted by Crippen LogP contribution is 2.30. The second-order valence-corrected chi connectivity index (χ2v) is 6.67. The van der Waals surface area contributed by atoms with Gasteiger partial charge in [0.15, 0.2) is 0 Å². The molecule has 1 aliphatic rings. The summed E-state index contributed by atoms with van der Waals surface area (Å²) in [6.07, 6.45) is 2.53. The molecule has 19 heavy (non-hydrogen) atoms. The molecule has 3 rings (SSSR count). The van der Waals surface area contributed by atoms with Crippen LogP contribution in [0.25, 0.3) is 11.0 Å². The van der Waals surface area contributed by atoms with E-state index in [0.717, 1.165) is 17.9 Å². The van der Waals surface area contributed by atoms with Gasteiger partial charge in [0.25, 0.3) is 0 Å². The molecule has 0 aliphatic carbocycles. The Morgan fingerprint density at radius 2 is 2.37 bits per heavy atom. The number of halogens is 2. The van der Waals surface area contributed by atoms with E-state index in [4.69, 9.17) is 11.6 Å². The number of thioether (sulfide) groups is 1. The molecule has 1 unspecified atom stereocenters. The molecule has 0 saturated carbocycles. The first-order valence-electron chi connectivity index (χ1n) is 6.52. The summed E-state index contributed by atoms with van der Waals surface area (Å²) < 4.78 is 15.8. The van der Waals surface area contributed by atoms with Crippen LogP contribution in [0.3, 0.4) is 0 Å². The Labute approximate surface area is 121 Å². The fraction of sp³-hybridized carbons (Fsp3) is 0.500. The number of nitrogens with zero attached hydrogens (tertiary/aromatic N) is 2. The Kier molecular flexibility index (Phi) is 3.72. The third-order valence-electron chi connectivity index (χ3n) is 3.64. The Hall–Kier alpha value is -0.740. The second kappa shape index (κ2) is 5.33. The predicted molar refractivity (Wildman–Crippen MR) is 79.5 cm³/mol. The van der Waals surface area contributed by atoms with E-state index < -0.39 is 0 Å². The molecule has 1 atom stereocenters. The van der Waals surface area contributed by atoms with Crippen molar-refractivity contribution in [2.24, 2.45) is 0 Å². The molecule has 1 fully saturated rings. The fourth-order valence-electron chi connectivity index (χ4n) is 2.60. The van der Waals surface area contributed by atoms with Gasteiger partial charge >= 0.3 is 0 Å². The van der Waals surface area contributed by atoms with Crippen LogP contribution >= 0.6 is 23.4 Å². The third kappa shape index (κ3) is 2.48. The zero-order valence-electron chi connectivity index (χ0n) is 10.8. The average molecular weight is 299 g/mol. The summed E-state index contributed by atoms with van der Waals surface area (Å²) in [6, 6.07) is 3.40. The van der Waals surface area contributed by atoms with Crippen LogP contribution in [0, 0.1) is 12.7 Å². The van der Waals surface area contributed by atoms with E-state index in [-0.39, 0.29) is 5.82 Å². The monoisotopic (exact) mass is 298 g/mol. The van der Waals surface area contributed by atoms with E-state index in [0.29, 0.717) is 22.2 Å². The van der Waals surface area contributed by atoms with Gasteiger partial charge in [-0.25, -0.2) is 9.37 Å². The van der Waals surface area contributed by atoms with Crippen molar-refractivity contribution in [1.82, 2.24) is 9.55 Å². The van der Waals surface area contributed by atoms with E-state index in [1.54, 1.807) is 6.92 Å². The molecule has 2 aromatic rings. The number of imidazole rings is 1. The maximum atomic E-state index is 13.6. The minimum absolute atomic E-state index is 0.200. The molecule has 0 bridgehead atoms. The smallest absolute Gasteiger partial charge is 0.128 e. The highest BCUT2D eigenvalue weighted by atomic mass is 35.5. The van der Waals surface area contributed by atoms with Gasteiger partial charge in [0, 0.05) is 17.9 Å². The number of fused-ring (bicyclic) bond motifs is 1. The highest BCUT2D eigenvalue weighted by Gasteiger charge is 2.20. The quantitative estimate of drug-likeness (QED) is 0.793. The van der Waals surface area contributed by atoms with Gasteiger partial charge in [0.05, 0.1) is 16.9 Å². The summed E-state index contributed by atoms with van der Waals surface area (Å²) in [7, 11) is 0. The molecule has 1 saturated heterocycles. The van der Waals surface area contributed by atoms with Crippen LogP contribution in [-0.4, -0.2) is 20.6 Å². The van der Waals surface area contributed by atoms with Crippen LogP contribution in [0.4, 0.5) is 4.39 Å². The maximum absolute atomic E-state index is 13.6. The molecule has 0 amide bonds. The van der Waals surface area contributed by atoms with Crippen LogP contribution in [0.2, 0.25) is 0 Å². The fourth-order valence-corrected chi connectivity index (χ4v) is 4.06. The van der Waals surface area contributed by atoms with E-state index >= 15 is 0 Å². The largest absolute Gasteiger partial charge is 0.326 e. The summed E-state index contributed by atoms with van der Waals surface area (Å²) >= 11 is 7.99. The number of benzene rings is 1. The predicted octanol–water partition coefficient (Wildman–Crippen LogP) is 4.12. The molecule has 5 heteroatoms. The van der Waals surface area contributed by atoms with Gasteiger partial charge in [0.1, 0.15) is 11.6 Å². The molecule has 2 heterocycles. The van der Waals surface area contributed by atoms with Crippen molar-refractivity contribution in [2.45, 2.75) is 37.4 Å². The lowest BCUT2D eigenvalue weighted by Crippen LogP contribution is -2.12. The second-order valence-electron chi connectivity index (χ2n) is 5.00. The molecule has 102 valence electrons. The summed E-state index contributed by atoms with van der Waals surface area (Å²) in [6.45, 7) is 2.71. The Balaban J connectivity index is 2.06. The van der Waals surface area contributed by atoms with Gasteiger partial charge in [-0.15, -0.1) is 11.6 Å². The van der Waals surface area contributed by atoms with E-state index in [2.05, 4.69) is 9.55 Å². The summed E-state index contributed by atoms with van der Waals surface area (Å²) in [5, 5.41) is 0.629. The molecular formula is C14H16ClFN2S. The zero-order valence-corrected chi connectivity index (χ0v) is 12.4. The van der Waals surface area contributed by atoms with Crippen LogP contribution in [0.5, 0.6) is 0 Å². The third-order valence-corrected chi connectivity index (χ3v) is 5.26. The number of rotatable bonds is 3. The number of alkyl halides is 1. The van der Waals surface area contributed by atoms with Crippen molar-refractivity contribution in [1.29, 1.82) is 0 Å². The molecule has 0 N–H and O–H groups in total. The first-order valence-corrected chi connectivity index (χ1v) is 8.10. The van der Waals surface area contributed by atoms with Crippen LogP contribution in [0.1, 0.15) is 24.2 Å². The lowest BCUT2D eigenvalue weighted by molar-refractivity contribution is 0.618. The van der Waals surface area contributed by atoms with Crippen molar-refractivity contribution < 1.29 is 4.39 Å². The SMILES string of the molecule is Cc1cc2c(cc1F)nc(CCl)n2CC1CCCS1. The van der Waals surface area contributed by atoms with Gasteiger partial charge in [-0.3, -0.25) is 0 Å². The summed E-state index contributed by atoms with van der Waals surface area (Å²) in [5.41, 5.74) is 2.37. The molecule has 1 aliphatic heterocycles. The van der Waals surface area contributed by atoms with Crippen molar-refractivity contribution >= 4 is 34.4 Å². The number of aryl methyl sites for hydroxylation is 1. The topological polar surface area (TPSA) is 17.8 Å². The molecule has 0 radical (unpaired) electrons. The summed E-state index contributed by atoms with van der Waals surface area (Å²) in [4.78, 5) is 4.46. The van der Waals surface area contributed by atoms with Gasteiger partial charge in [-0.1, -0.05) is 0 Å². The average Bonchev–Trinajstić information content (AvgIpc) is 3.00. The Morgan fingerprint density at radius 1 is 1.53 bits per heavy atom. The summed E-state index contributed by atoms with van der Waals surface area (Å²) in [5.74, 6) is 2.25. The minimum atomic E-state index is -0.200. The first kappa shape index (κ1) is 13.3. The van der Waals surface area contributed by atoms with Crippen LogP contribution in [0.15, 0.2) is 12.1 Å². The van der Waals surface area contributed by atoms with Crippen molar-refractivity contribution in [3.05, 3.63) is 29.3 Å². The van der Waals surface area contributed by atoms with Gasteiger partial charge in [-0.05, 0) is 37.1 Å². The zero-order chi connectivity index (χ0) is 13.4. The van der Waals surface area contributed by atoms with E-state index in [9.17, 15) is 4.39 Å². The van der Waals surface area contributed by atoms with E-state index in [1.165, 1.54) is 24.7 Å². The standard InChI is InChI=1S/C14H16ClFN2S/c1-9-5-13-12(6-11(9)16)17-14(7-15)18(13)8-10-3-2-4-19-10/h5-6,10H,2-4,7-8H2,1H3. The lowest BCUT2D eigenvalue weighted by atomic mass is 10.2. The molecule has 1 aromatic carbocycles. The van der Waals surface area contributed by atoms with E-state index in [1.807, 2.05) is 17.8 Å². The number of hydrogen-bond donors (Lipinski definition) is 0. The molecule has 0 spiro atoms. The molecule has 1 aromatic heterocycles. The van der Waals surface area contributed by atoms with Crippen molar-refractivity contribution in [3.63, 3.8) is 0 Å². The Bertz CT molecular complexity index is 605. The Morgan fingerprint density at radius 3 is 3.05 bits per heavy atom. The lowest BCUT2D eigenvalue weighted by Gasteiger charge is -2.13. The number of aromatic nitrogens is 2. The van der Waals surface area contributed by atoms with Crippen molar-refractivity contribution in [3.8, 4) is 0 Å². The van der Waals surface area contributed by atoms with Crippen LogP contribution in [-0.2, 0) is 12.4 Å². The normalized spacial score (nSPS) is 19.4. The maximum Gasteiger partial charge on any atom is 0.128 e. The minimum Gasteiger partial charge on any atom is -0.326 e. The highest BCUT2D eigenvalue weighted by molar-refractivity contribution is 8.00. The van der Waals surface area contributed by atoms with Gasteiger partial charge < -0.3 is 4.57 Å². The van der Waals surface area contributed by atoms with Crippen molar-refractivity contribution in [2.75, 3.05) is 5.75 Å². The molecular weight excluding hydrogens is 283 g/mol. The number of hydrogen-bond acceptors (Lipinski definition) is 2. The van der Waals surface area contributed by atoms with Crippen LogP contribution < -0.4 is 0 Å². The van der Waals surface area contributed by atoms with Gasteiger partial charge in [-0.2, -0.15) is 11.8 Å². The molecule has 2 nitrogen and oxygen atoms in total. The van der Waals surface area contributed by atoms with Gasteiger partial charge in [0.2, 0.25) is 0 Å². The first-order chi connectivity index (χ1) is 9.19.